The summed E-state index contributed by atoms with van der Waals surface area (Å²) in [5.41, 5.74) is 4.05. The second-order valence-electron chi connectivity index (χ2n) is 6.07. The molecule has 0 unspecified atom stereocenters. The zero-order valence-electron chi connectivity index (χ0n) is 15.2. The van der Waals surface area contributed by atoms with Gasteiger partial charge in [0.25, 0.3) is 0 Å². The number of rotatable bonds is 7. The Morgan fingerprint density at radius 1 is 0.926 bits per heavy atom. The van der Waals surface area contributed by atoms with E-state index in [1.165, 1.54) is 5.56 Å². The van der Waals surface area contributed by atoms with Crippen LogP contribution in [0.1, 0.15) is 11.1 Å². The zero-order chi connectivity index (χ0) is 18.9. The molecule has 0 atom stereocenters. The molecule has 0 aliphatic rings. The van der Waals surface area contributed by atoms with E-state index in [1.807, 2.05) is 67.6 Å². The van der Waals surface area contributed by atoms with E-state index in [-0.39, 0.29) is 6.03 Å². The number of carbonyl (C=O) groups excluding carboxylic acids is 1. The monoisotopic (exact) mass is 362 g/mol. The highest BCUT2D eigenvalue weighted by atomic mass is 16.5. The number of nitrogens with one attached hydrogen (secondary N) is 2. The lowest BCUT2D eigenvalue weighted by atomic mass is 10.1. The van der Waals surface area contributed by atoms with Crippen molar-refractivity contribution in [3.63, 3.8) is 0 Å². The Morgan fingerprint density at radius 2 is 1.70 bits per heavy atom. The van der Waals surface area contributed by atoms with Crippen molar-refractivity contribution in [1.29, 1.82) is 0 Å². The van der Waals surface area contributed by atoms with Crippen molar-refractivity contribution in [2.75, 3.05) is 13.2 Å². The number of benzene rings is 2. The minimum atomic E-state index is -0.233. The third kappa shape index (κ3) is 5.81. The number of ether oxygens (including phenoxy) is 1. The van der Waals surface area contributed by atoms with Crippen LogP contribution in [0, 0.1) is 6.92 Å². The van der Waals surface area contributed by atoms with Crippen molar-refractivity contribution >= 4 is 6.03 Å². The van der Waals surface area contributed by atoms with Gasteiger partial charge in [-0.05, 0) is 18.6 Å². The van der Waals surface area contributed by atoms with E-state index < -0.39 is 0 Å². The van der Waals surface area contributed by atoms with Crippen LogP contribution in [0.25, 0.3) is 11.3 Å². The molecule has 0 spiro atoms. The summed E-state index contributed by atoms with van der Waals surface area (Å²) in [5.74, 6) is 0.428. The number of hydrogen-bond acceptors (Lipinski definition) is 4. The van der Waals surface area contributed by atoms with Crippen LogP contribution < -0.4 is 15.4 Å². The van der Waals surface area contributed by atoms with Crippen molar-refractivity contribution in [2.45, 2.75) is 13.5 Å². The summed E-state index contributed by atoms with van der Waals surface area (Å²) in [6.07, 6.45) is 0. The number of carbonyl (C=O) groups is 1. The average Bonchev–Trinajstić information content (AvgIpc) is 2.71. The lowest BCUT2D eigenvalue weighted by Crippen LogP contribution is -2.37. The predicted molar refractivity (Wildman–Crippen MR) is 104 cm³/mol. The highest BCUT2D eigenvalue weighted by Gasteiger charge is 2.03. The molecule has 2 aromatic carbocycles. The third-order valence-electron chi connectivity index (χ3n) is 3.92. The maximum atomic E-state index is 11.7. The van der Waals surface area contributed by atoms with Gasteiger partial charge in [-0.1, -0.05) is 60.2 Å². The fourth-order valence-corrected chi connectivity index (χ4v) is 2.44. The molecule has 138 valence electrons. The smallest absolute Gasteiger partial charge is 0.315 e. The molecule has 1 heterocycles. The average molecular weight is 362 g/mol. The number of hydrogen-bond donors (Lipinski definition) is 2. The molecule has 3 rings (SSSR count). The number of aryl methyl sites for hydroxylation is 1. The van der Waals surface area contributed by atoms with Gasteiger partial charge in [0.05, 0.1) is 12.2 Å². The van der Waals surface area contributed by atoms with Crippen molar-refractivity contribution in [1.82, 2.24) is 20.8 Å². The summed E-state index contributed by atoms with van der Waals surface area (Å²) in [7, 11) is 0. The minimum Gasteiger partial charge on any atom is -0.475 e. The maximum absolute atomic E-state index is 11.7. The molecule has 2 N–H and O–H groups in total. The summed E-state index contributed by atoms with van der Waals surface area (Å²) in [6, 6.07) is 21.2. The number of aromatic nitrogens is 2. The van der Waals surface area contributed by atoms with E-state index >= 15 is 0 Å². The van der Waals surface area contributed by atoms with Gasteiger partial charge in [-0.15, -0.1) is 10.2 Å². The third-order valence-corrected chi connectivity index (χ3v) is 3.92. The van der Waals surface area contributed by atoms with Crippen molar-refractivity contribution in [3.8, 4) is 17.1 Å². The van der Waals surface area contributed by atoms with Crippen molar-refractivity contribution in [2.24, 2.45) is 0 Å². The first-order valence-corrected chi connectivity index (χ1v) is 8.80. The Kier molecular flexibility index (Phi) is 6.35. The summed E-state index contributed by atoms with van der Waals surface area (Å²) >= 11 is 0. The van der Waals surface area contributed by atoms with Crippen LogP contribution in [0.15, 0.2) is 66.7 Å². The molecule has 1 aromatic heterocycles. The van der Waals surface area contributed by atoms with E-state index in [2.05, 4.69) is 20.8 Å². The van der Waals surface area contributed by atoms with Gasteiger partial charge >= 0.3 is 6.03 Å². The SMILES string of the molecule is Cc1ccc(-c2ccc(OCCNC(=O)NCc3ccccc3)nn2)cc1. The standard InChI is InChI=1S/C21H22N4O2/c1-16-7-9-18(10-8-16)19-11-12-20(25-24-19)27-14-13-22-21(26)23-15-17-5-3-2-4-6-17/h2-12H,13-15H2,1H3,(H2,22,23,26). The molecule has 0 saturated heterocycles. The lowest BCUT2D eigenvalue weighted by molar-refractivity contribution is 0.235. The summed E-state index contributed by atoms with van der Waals surface area (Å²) in [6.45, 7) is 3.22. The Hall–Kier alpha value is -3.41. The van der Waals surface area contributed by atoms with E-state index in [4.69, 9.17) is 4.74 Å². The minimum absolute atomic E-state index is 0.233. The van der Waals surface area contributed by atoms with Crippen molar-refractivity contribution < 1.29 is 9.53 Å². The fraction of sp³-hybridized carbons (Fsp3) is 0.190. The van der Waals surface area contributed by atoms with Gasteiger partial charge in [-0.2, -0.15) is 0 Å². The first-order chi connectivity index (χ1) is 13.2. The highest BCUT2D eigenvalue weighted by Crippen LogP contribution is 2.18. The van der Waals surface area contributed by atoms with Gasteiger partial charge in [-0.3, -0.25) is 0 Å². The molecule has 6 nitrogen and oxygen atoms in total. The van der Waals surface area contributed by atoms with Gasteiger partial charge in [0.15, 0.2) is 0 Å². The number of amides is 2. The highest BCUT2D eigenvalue weighted by molar-refractivity contribution is 5.73. The van der Waals surface area contributed by atoms with Crippen LogP contribution in [-0.2, 0) is 6.54 Å². The van der Waals surface area contributed by atoms with Crippen LogP contribution in [-0.4, -0.2) is 29.4 Å². The van der Waals surface area contributed by atoms with Gasteiger partial charge in [-0.25, -0.2) is 4.79 Å². The second-order valence-corrected chi connectivity index (χ2v) is 6.07. The van der Waals surface area contributed by atoms with E-state index in [0.29, 0.717) is 25.6 Å². The summed E-state index contributed by atoms with van der Waals surface area (Å²) < 4.78 is 5.51. The molecular weight excluding hydrogens is 340 g/mol. The zero-order valence-corrected chi connectivity index (χ0v) is 15.2. The van der Waals surface area contributed by atoms with Crippen LogP contribution in [0.5, 0.6) is 5.88 Å². The molecule has 0 aliphatic heterocycles. The Morgan fingerprint density at radius 3 is 2.41 bits per heavy atom. The van der Waals surface area contributed by atoms with Gasteiger partial charge in [0.1, 0.15) is 6.61 Å². The van der Waals surface area contributed by atoms with Crippen LogP contribution in [0.2, 0.25) is 0 Å². The molecule has 0 saturated carbocycles. The van der Waals surface area contributed by atoms with E-state index in [9.17, 15) is 4.79 Å². The van der Waals surface area contributed by atoms with E-state index in [0.717, 1.165) is 16.8 Å². The quantitative estimate of drug-likeness (QED) is 0.632. The van der Waals surface area contributed by atoms with Crippen LogP contribution in [0.3, 0.4) is 0 Å². The summed E-state index contributed by atoms with van der Waals surface area (Å²) in [4.78, 5) is 11.7. The molecule has 0 bridgehead atoms. The van der Waals surface area contributed by atoms with Gasteiger partial charge < -0.3 is 15.4 Å². The van der Waals surface area contributed by atoms with E-state index in [1.54, 1.807) is 6.07 Å². The largest absolute Gasteiger partial charge is 0.475 e. The Bertz CT molecular complexity index is 850. The molecule has 3 aromatic rings. The first-order valence-electron chi connectivity index (χ1n) is 8.80. The van der Waals surface area contributed by atoms with Crippen LogP contribution >= 0.6 is 0 Å². The predicted octanol–water partition coefficient (Wildman–Crippen LogP) is 3.33. The first kappa shape index (κ1) is 18.4. The molecule has 0 fully saturated rings. The maximum Gasteiger partial charge on any atom is 0.315 e. The number of urea groups is 1. The Balaban J connectivity index is 1.37. The lowest BCUT2D eigenvalue weighted by Gasteiger charge is -2.09. The second kappa shape index (κ2) is 9.33. The molecule has 0 aliphatic carbocycles. The van der Waals surface area contributed by atoms with Crippen LogP contribution in [0.4, 0.5) is 4.79 Å². The summed E-state index contributed by atoms with van der Waals surface area (Å²) in [5, 5.41) is 13.8. The molecule has 6 heteroatoms. The van der Waals surface area contributed by atoms with Gasteiger partial charge in [0, 0.05) is 18.2 Å². The Labute approximate surface area is 158 Å². The normalized spacial score (nSPS) is 10.3. The molecule has 27 heavy (non-hydrogen) atoms. The van der Waals surface area contributed by atoms with Crippen molar-refractivity contribution in [3.05, 3.63) is 77.9 Å². The topological polar surface area (TPSA) is 76.1 Å². The molecule has 0 radical (unpaired) electrons. The fourth-order valence-electron chi connectivity index (χ4n) is 2.44. The molecule has 2 amide bonds. The number of nitrogens with zero attached hydrogens (tertiary/aromatic N) is 2. The van der Waals surface area contributed by atoms with Gasteiger partial charge in [0.2, 0.25) is 5.88 Å². The molecular formula is C21H22N4O2.